The molecule has 3 rings (SSSR count). The molecule has 1 nitrogen and oxygen atoms in total. The highest BCUT2D eigenvalue weighted by Crippen LogP contribution is 2.39. The maximum atomic E-state index is 14.8. The molecule has 0 radical (unpaired) electrons. The van der Waals surface area contributed by atoms with E-state index in [0.717, 1.165) is 49.3 Å². The van der Waals surface area contributed by atoms with Gasteiger partial charge in [-0.25, -0.2) is 8.78 Å². The number of ether oxygens (including phenoxy) is 1. The quantitative estimate of drug-likeness (QED) is 0.391. The summed E-state index contributed by atoms with van der Waals surface area (Å²) in [5.74, 6) is -1.63. The van der Waals surface area contributed by atoms with Crippen LogP contribution in [0.4, 0.5) is 26.3 Å². The smallest absolute Gasteiger partial charge is 0.425 e. The van der Waals surface area contributed by atoms with Gasteiger partial charge in [-0.05, 0) is 66.8 Å². The molecule has 168 valence electrons. The van der Waals surface area contributed by atoms with Crippen LogP contribution >= 0.6 is 0 Å². The van der Waals surface area contributed by atoms with Gasteiger partial charge in [-0.15, -0.1) is 0 Å². The number of hydrogen-bond acceptors (Lipinski definition) is 1. The van der Waals surface area contributed by atoms with Gasteiger partial charge in [0.05, 0.1) is 6.08 Å². The van der Waals surface area contributed by atoms with Crippen molar-refractivity contribution in [2.24, 2.45) is 5.92 Å². The van der Waals surface area contributed by atoms with Crippen molar-refractivity contribution in [2.75, 3.05) is 0 Å². The Balaban J connectivity index is 1.75. The average molecular weight is 442 g/mol. The summed E-state index contributed by atoms with van der Waals surface area (Å²) in [7, 11) is 0. The Hall–Kier alpha value is -2.44. The Bertz CT molecular complexity index is 928. The van der Waals surface area contributed by atoms with Crippen molar-refractivity contribution in [3.63, 3.8) is 0 Å². The number of halogens is 6. The summed E-state index contributed by atoms with van der Waals surface area (Å²) in [6.45, 7) is 2.17. The normalized spacial score (nSPS) is 19.2. The van der Waals surface area contributed by atoms with E-state index in [-0.39, 0.29) is 17.0 Å². The predicted octanol–water partition coefficient (Wildman–Crippen LogP) is 8.46. The monoisotopic (exact) mass is 442 g/mol. The minimum atomic E-state index is -4.37. The van der Waals surface area contributed by atoms with Gasteiger partial charge in [-0.2, -0.15) is 17.6 Å². The zero-order valence-electron chi connectivity index (χ0n) is 17.1. The van der Waals surface area contributed by atoms with Crippen LogP contribution in [0.1, 0.15) is 56.9 Å². The molecule has 0 unspecified atom stereocenters. The third-order valence-electron chi connectivity index (χ3n) is 5.77. The minimum absolute atomic E-state index is 0.121. The van der Waals surface area contributed by atoms with Crippen LogP contribution in [-0.2, 0) is 0 Å². The molecule has 1 fully saturated rings. The van der Waals surface area contributed by atoms with Crippen LogP contribution in [0.5, 0.6) is 5.75 Å². The molecule has 0 bridgehead atoms. The third kappa shape index (κ3) is 6.05. The molecular formula is C24H24F6O. The van der Waals surface area contributed by atoms with Crippen LogP contribution < -0.4 is 4.74 Å². The molecule has 2 aromatic carbocycles. The highest BCUT2D eigenvalue weighted by atomic mass is 19.3. The summed E-state index contributed by atoms with van der Waals surface area (Å²) in [5, 5.41) is 0. The van der Waals surface area contributed by atoms with Crippen LogP contribution in [0.25, 0.3) is 11.1 Å². The van der Waals surface area contributed by atoms with Gasteiger partial charge in [0.25, 0.3) is 6.08 Å². The van der Waals surface area contributed by atoms with E-state index in [0.29, 0.717) is 0 Å². The third-order valence-corrected chi connectivity index (χ3v) is 5.77. The fraction of sp³-hybridized carbons (Fsp3) is 0.417. The summed E-state index contributed by atoms with van der Waals surface area (Å²) in [6, 6.07) is 7.73. The Kier molecular flexibility index (Phi) is 7.34. The van der Waals surface area contributed by atoms with E-state index in [2.05, 4.69) is 11.7 Å². The van der Waals surface area contributed by atoms with Gasteiger partial charge >= 0.3 is 6.11 Å². The van der Waals surface area contributed by atoms with E-state index < -0.39 is 35.6 Å². The SMILES string of the molecule is CCCC1CCC(c2ccc(-c3ccc(OC(F)(F)C=C(F)F)c(F)c3)c(F)c2)CC1. The number of hydrogen-bond donors (Lipinski definition) is 0. The van der Waals surface area contributed by atoms with Crippen molar-refractivity contribution in [1.82, 2.24) is 0 Å². The molecule has 0 aliphatic heterocycles. The van der Waals surface area contributed by atoms with Crippen LogP contribution in [0.15, 0.2) is 48.6 Å². The summed E-state index contributed by atoms with van der Waals surface area (Å²) in [4.78, 5) is 0. The summed E-state index contributed by atoms with van der Waals surface area (Å²) >= 11 is 0. The summed E-state index contributed by atoms with van der Waals surface area (Å²) in [5.41, 5.74) is 1.16. The first-order chi connectivity index (χ1) is 14.7. The lowest BCUT2D eigenvalue weighted by Crippen LogP contribution is -2.22. The van der Waals surface area contributed by atoms with Gasteiger partial charge in [0.15, 0.2) is 11.6 Å². The number of rotatable bonds is 7. The Morgan fingerprint density at radius 2 is 1.71 bits per heavy atom. The molecule has 1 saturated carbocycles. The minimum Gasteiger partial charge on any atom is -0.426 e. The zero-order valence-corrected chi connectivity index (χ0v) is 17.1. The molecular weight excluding hydrogens is 418 g/mol. The Labute approximate surface area is 177 Å². The standard InChI is InChI=1S/C24H24F6O/c1-2-3-15-4-6-16(7-5-15)17-8-10-19(20(25)12-17)18-9-11-22(21(26)13-18)31-24(29,30)14-23(27)28/h8-16H,2-7H2,1H3. The molecule has 7 heteroatoms. The van der Waals surface area contributed by atoms with Crippen molar-refractivity contribution in [1.29, 1.82) is 0 Å². The maximum Gasteiger partial charge on any atom is 0.425 e. The second-order valence-electron chi connectivity index (χ2n) is 7.99. The van der Waals surface area contributed by atoms with Crippen molar-refractivity contribution < 1.29 is 31.1 Å². The fourth-order valence-corrected chi connectivity index (χ4v) is 4.27. The number of alkyl halides is 2. The first-order valence-corrected chi connectivity index (χ1v) is 10.4. The van der Waals surface area contributed by atoms with Crippen molar-refractivity contribution in [2.45, 2.75) is 57.5 Å². The van der Waals surface area contributed by atoms with Gasteiger partial charge < -0.3 is 4.74 Å². The van der Waals surface area contributed by atoms with Crippen LogP contribution in [0, 0.1) is 17.6 Å². The number of benzene rings is 2. The first kappa shape index (κ1) is 23.2. The molecule has 0 amide bonds. The average Bonchev–Trinajstić information content (AvgIpc) is 2.69. The van der Waals surface area contributed by atoms with Crippen LogP contribution in [0.2, 0.25) is 0 Å². The Morgan fingerprint density at radius 1 is 1.00 bits per heavy atom. The van der Waals surface area contributed by atoms with Crippen LogP contribution in [0.3, 0.4) is 0 Å². The maximum absolute atomic E-state index is 14.8. The van der Waals surface area contributed by atoms with E-state index in [1.807, 2.05) is 6.07 Å². The molecule has 31 heavy (non-hydrogen) atoms. The van der Waals surface area contributed by atoms with Gasteiger partial charge in [0.2, 0.25) is 0 Å². The molecule has 0 spiro atoms. The lowest BCUT2D eigenvalue weighted by atomic mass is 9.77. The van der Waals surface area contributed by atoms with E-state index >= 15 is 0 Å². The Morgan fingerprint density at radius 3 is 2.29 bits per heavy atom. The van der Waals surface area contributed by atoms with E-state index in [1.165, 1.54) is 25.0 Å². The molecule has 0 N–H and O–H groups in total. The van der Waals surface area contributed by atoms with E-state index in [4.69, 9.17) is 0 Å². The molecule has 0 aromatic heterocycles. The molecule has 0 saturated heterocycles. The van der Waals surface area contributed by atoms with Crippen molar-refractivity contribution >= 4 is 0 Å². The molecule has 0 atom stereocenters. The van der Waals surface area contributed by atoms with Gasteiger partial charge in [-0.3, -0.25) is 0 Å². The van der Waals surface area contributed by atoms with Gasteiger partial charge in [0, 0.05) is 5.56 Å². The van der Waals surface area contributed by atoms with E-state index in [1.54, 1.807) is 6.07 Å². The van der Waals surface area contributed by atoms with Crippen molar-refractivity contribution in [3.8, 4) is 16.9 Å². The first-order valence-electron chi connectivity index (χ1n) is 10.4. The summed E-state index contributed by atoms with van der Waals surface area (Å²) in [6.07, 6.45) is -1.09. The second-order valence-corrected chi connectivity index (χ2v) is 7.99. The molecule has 1 aliphatic carbocycles. The predicted molar refractivity (Wildman–Crippen MR) is 107 cm³/mol. The fourth-order valence-electron chi connectivity index (χ4n) is 4.27. The van der Waals surface area contributed by atoms with Gasteiger partial charge in [0.1, 0.15) is 5.82 Å². The topological polar surface area (TPSA) is 9.23 Å². The largest absolute Gasteiger partial charge is 0.426 e. The summed E-state index contributed by atoms with van der Waals surface area (Å²) < 4.78 is 83.7. The van der Waals surface area contributed by atoms with Gasteiger partial charge in [-0.1, -0.05) is 38.0 Å². The van der Waals surface area contributed by atoms with Crippen LogP contribution in [-0.4, -0.2) is 6.11 Å². The lowest BCUT2D eigenvalue weighted by molar-refractivity contribution is -0.135. The van der Waals surface area contributed by atoms with Crippen molar-refractivity contribution in [3.05, 3.63) is 65.8 Å². The highest BCUT2D eigenvalue weighted by Gasteiger charge is 2.31. The lowest BCUT2D eigenvalue weighted by Gasteiger charge is -2.28. The highest BCUT2D eigenvalue weighted by molar-refractivity contribution is 5.65. The van der Waals surface area contributed by atoms with E-state index in [9.17, 15) is 26.3 Å². The second kappa shape index (κ2) is 9.79. The molecule has 1 aliphatic rings. The molecule has 2 aromatic rings. The zero-order chi connectivity index (χ0) is 22.6. The molecule has 0 heterocycles.